The summed E-state index contributed by atoms with van der Waals surface area (Å²) < 4.78 is 28.1. The van der Waals surface area contributed by atoms with E-state index >= 15 is 0 Å². The Morgan fingerprint density at radius 2 is 2.25 bits per heavy atom. The number of hydrogen-bond acceptors (Lipinski definition) is 1. The summed E-state index contributed by atoms with van der Waals surface area (Å²) >= 11 is 0. The Kier molecular flexibility index (Phi) is 3.10. The van der Waals surface area contributed by atoms with Crippen LogP contribution in [0.2, 0.25) is 6.04 Å². The first-order valence-corrected chi connectivity index (χ1v) is 4.85. The van der Waals surface area contributed by atoms with Crippen molar-refractivity contribution < 1.29 is 12.3 Å². The first kappa shape index (κ1) is 7.99. The predicted molar refractivity (Wildman–Crippen MR) is 34.0 cm³/mol. The van der Waals surface area contributed by atoms with Gasteiger partial charge in [-0.1, -0.05) is 6.08 Å². The highest BCUT2D eigenvalue weighted by atomic mass is 28.5. The second-order valence-corrected chi connectivity index (χ2v) is 4.65. The number of halogens is 2. The molecule has 0 aliphatic carbocycles. The smallest absolute Gasteiger partial charge is 0.419 e. The van der Waals surface area contributed by atoms with Crippen molar-refractivity contribution in [2.75, 3.05) is 0 Å². The Labute approximate surface area is 51.4 Å². The zero-order chi connectivity index (χ0) is 6.62. The lowest BCUT2D eigenvalue weighted by molar-refractivity contribution is 0.403. The minimum atomic E-state index is -4.23. The second-order valence-electron chi connectivity index (χ2n) is 1.33. The lowest BCUT2D eigenvalue weighted by atomic mass is 10.8. The molecule has 0 saturated heterocycles. The molecular weight excluding hydrogens is 146 g/mol. The highest BCUT2D eigenvalue weighted by Crippen LogP contribution is 2.12. The van der Waals surface area contributed by atoms with E-state index in [9.17, 15) is 8.22 Å². The molecule has 0 rings (SSSR count). The third-order valence-electron chi connectivity index (χ3n) is 0.681. The maximum atomic E-state index is 12.0. The van der Waals surface area contributed by atoms with Crippen LogP contribution in [-0.2, 0) is 4.12 Å². The quantitative estimate of drug-likeness (QED) is 0.324. The molecule has 8 heavy (non-hydrogen) atoms. The highest BCUT2D eigenvalue weighted by molar-refractivity contribution is 6.62. The number of rotatable bonds is 3. The summed E-state index contributed by atoms with van der Waals surface area (Å²) in [7, 11) is -4.11. The molecule has 0 atom stereocenters. The van der Waals surface area contributed by atoms with Gasteiger partial charge in [-0.3, -0.25) is 0 Å². The molecule has 0 aliphatic rings. The Hall–Kier alpha value is -0.00623. The van der Waals surface area contributed by atoms with E-state index in [1.807, 2.05) is 0 Å². The van der Waals surface area contributed by atoms with Crippen molar-refractivity contribution in [3.8, 4) is 0 Å². The third-order valence-corrected chi connectivity index (χ3v) is 3.83. The van der Waals surface area contributed by atoms with E-state index in [2.05, 4.69) is 10.7 Å². The van der Waals surface area contributed by atoms with Gasteiger partial charge in [-0.15, -0.1) is 6.58 Å². The van der Waals surface area contributed by atoms with E-state index in [0.717, 1.165) is 0 Å². The van der Waals surface area contributed by atoms with E-state index in [0.29, 0.717) is 0 Å². The van der Waals surface area contributed by atoms with Gasteiger partial charge in [0.1, 0.15) is 10.5 Å². The number of allylic oxidation sites excluding steroid dienone is 1. The fraction of sp³-hybridized carbons (Fsp3) is 0.333. The SMILES string of the molecule is C=CC[Si](F)(F)O[SiH3]. The van der Waals surface area contributed by atoms with Crippen molar-refractivity contribution in [3.63, 3.8) is 0 Å². The Balaban J connectivity index is 3.53. The molecule has 0 unspecified atom stereocenters. The van der Waals surface area contributed by atoms with Gasteiger partial charge in [0.25, 0.3) is 0 Å². The standard InChI is InChI=1S/C3H8F2OSi2/c1-2-3-8(4,5)6-7/h2H,1,3H2,7H3. The first-order valence-electron chi connectivity index (χ1n) is 2.16. The summed E-state index contributed by atoms with van der Waals surface area (Å²) in [6, 6.07) is -0.253. The van der Waals surface area contributed by atoms with Gasteiger partial charge in [-0.25, -0.2) is 8.22 Å². The monoisotopic (exact) mass is 154 g/mol. The third kappa shape index (κ3) is 3.06. The molecule has 0 aliphatic heterocycles. The molecule has 0 aromatic carbocycles. The molecule has 0 aromatic rings. The van der Waals surface area contributed by atoms with Crippen LogP contribution in [0.3, 0.4) is 0 Å². The average molecular weight is 154 g/mol. The molecule has 48 valence electrons. The van der Waals surface area contributed by atoms with Gasteiger partial charge in [0.15, 0.2) is 0 Å². The van der Waals surface area contributed by atoms with Crippen LogP contribution in [0.4, 0.5) is 8.22 Å². The minimum absolute atomic E-state index is 0.126. The Morgan fingerprint density at radius 3 is 2.38 bits per heavy atom. The van der Waals surface area contributed by atoms with Crippen LogP contribution in [0.15, 0.2) is 12.7 Å². The predicted octanol–water partition coefficient (Wildman–Crippen LogP) is 0.347. The molecule has 0 fully saturated rings. The largest absolute Gasteiger partial charge is 0.570 e. The van der Waals surface area contributed by atoms with Crippen LogP contribution in [-0.4, -0.2) is 19.5 Å². The van der Waals surface area contributed by atoms with Crippen molar-refractivity contribution in [1.82, 2.24) is 0 Å². The van der Waals surface area contributed by atoms with Gasteiger partial charge in [0.05, 0.1) is 0 Å². The van der Waals surface area contributed by atoms with Crippen LogP contribution < -0.4 is 0 Å². The van der Waals surface area contributed by atoms with E-state index in [1.54, 1.807) is 0 Å². The molecule has 0 bridgehead atoms. The molecule has 0 N–H and O–H groups in total. The lowest BCUT2D eigenvalue weighted by Gasteiger charge is -2.05. The molecule has 0 heterocycles. The van der Waals surface area contributed by atoms with Crippen LogP contribution in [0.5, 0.6) is 0 Å². The van der Waals surface area contributed by atoms with Gasteiger partial charge >= 0.3 is 8.99 Å². The molecule has 1 nitrogen and oxygen atoms in total. The Morgan fingerprint density at radius 1 is 1.75 bits per heavy atom. The average Bonchev–Trinajstić information content (AvgIpc) is 1.67. The van der Waals surface area contributed by atoms with Crippen LogP contribution in [0.25, 0.3) is 0 Å². The zero-order valence-corrected chi connectivity index (χ0v) is 7.66. The van der Waals surface area contributed by atoms with Crippen LogP contribution >= 0.6 is 0 Å². The summed E-state index contributed by atoms with van der Waals surface area (Å²) in [5, 5.41) is 0. The maximum absolute atomic E-state index is 12.0. The van der Waals surface area contributed by atoms with Gasteiger partial charge in [-0.2, -0.15) is 0 Å². The maximum Gasteiger partial charge on any atom is 0.570 e. The van der Waals surface area contributed by atoms with E-state index < -0.39 is 8.99 Å². The topological polar surface area (TPSA) is 9.23 Å². The van der Waals surface area contributed by atoms with Gasteiger partial charge < -0.3 is 4.12 Å². The minimum Gasteiger partial charge on any atom is -0.419 e. The van der Waals surface area contributed by atoms with Gasteiger partial charge in [-0.05, 0) is 0 Å². The van der Waals surface area contributed by atoms with Crippen molar-refractivity contribution in [2.45, 2.75) is 6.04 Å². The first-order chi connectivity index (χ1) is 3.62. The van der Waals surface area contributed by atoms with E-state index in [1.165, 1.54) is 6.08 Å². The molecular formula is C3H8F2OSi2. The molecule has 0 amide bonds. The molecule has 0 saturated carbocycles. The van der Waals surface area contributed by atoms with Crippen molar-refractivity contribution in [2.24, 2.45) is 0 Å². The van der Waals surface area contributed by atoms with Crippen molar-refractivity contribution in [3.05, 3.63) is 12.7 Å². The van der Waals surface area contributed by atoms with Crippen molar-refractivity contribution in [1.29, 1.82) is 0 Å². The normalized spacial score (nSPS) is 11.8. The molecule has 0 spiro atoms. The fourth-order valence-electron chi connectivity index (χ4n) is 0.251. The summed E-state index contributed by atoms with van der Waals surface area (Å²) in [5.41, 5.74) is 0. The molecule has 0 aromatic heterocycles. The van der Waals surface area contributed by atoms with Crippen LogP contribution in [0.1, 0.15) is 0 Å². The van der Waals surface area contributed by atoms with E-state index in [4.69, 9.17) is 0 Å². The summed E-state index contributed by atoms with van der Waals surface area (Å²) in [4.78, 5) is 0. The summed E-state index contributed by atoms with van der Waals surface area (Å²) in [6.45, 7) is 3.18. The zero-order valence-electron chi connectivity index (χ0n) is 4.66. The van der Waals surface area contributed by atoms with E-state index in [-0.39, 0.29) is 16.5 Å². The van der Waals surface area contributed by atoms with Gasteiger partial charge in [0, 0.05) is 6.04 Å². The second kappa shape index (κ2) is 3.11. The highest BCUT2D eigenvalue weighted by Gasteiger charge is 2.33. The molecule has 0 radical (unpaired) electrons. The number of hydrogen-bond donors (Lipinski definition) is 0. The van der Waals surface area contributed by atoms with Crippen molar-refractivity contribution >= 4 is 19.5 Å². The Bertz CT molecular complexity index is 85.4. The fourth-order valence-corrected chi connectivity index (χ4v) is 1.25. The van der Waals surface area contributed by atoms with Crippen LogP contribution in [0, 0.1) is 0 Å². The lowest BCUT2D eigenvalue weighted by Crippen LogP contribution is -2.24. The van der Waals surface area contributed by atoms with Gasteiger partial charge in [0.2, 0.25) is 0 Å². The summed E-state index contributed by atoms with van der Waals surface area (Å²) in [6.07, 6.45) is 1.20. The molecule has 5 heteroatoms. The summed E-state index contributed by atoms with van der Waals surface area (Å²) in [5.74, 6) is 0.